The van der Waals surface area contributed by atoms with Gasteiger partial charge in [-0.05, 0) is 19.9 Å². The third-order valence-corrected chi connectivity index (χ3v) is 3.30. The lowest BCUT2D eigenvalue weighted by Gasteiger charge is -2.04. The first-order valence-electron chi connectivity index (χ1n) is 4.59. The third kappa shape index (κ3) is 3.49. The van der Waals surface area contributed by atoms with E-state index in [1.54, 1.807) is 19.9 Å². The van der Waals surface area contributed by atoms with Crippen molar-refractivity contribution in [2.24, 2.45) is 0 Å². The largest absolute Gasteiger partial charge is 0.462 e. The zero-order chi connectivity index (χ0) is 12.3. The van der Waals surface area contributed by atoms with Gasteiger partial charge in [-0.15, -0.1) is 11.3 Å². The number of nitrogens with one attached hydrogen (secondary N) is 1. The number of carbonyl (C=O) groups is 1. The summed E-state index contributed by atoms with van der Waals surface area (Å²) in [4.78, 5) is 12.4. The van der Waals surface area contributed by atoms with Crippen LogP contribution in [-0.4, -0.2) is 27.2 Å². The molecule has 7 heteroatoms. The molecule has 90 valence electrons. The Morgan fingerprint density at radius 1 is 1.56 bits per heavy atom. The number of sulfonamides is 1. The average molecular weight is 263 g/mol. The highest BCUT2D eigenvalue weighted by Crippen LogP contribution is 2.28. The molecular weight excluding hydrogens is 250 g/mol. The van der Waals surface area contributed by atoms with Crippen LogP contribution >= 0.6 is 11.3 Å². The molecule has 1 rings (SSSR count). The summed E-state index contributed by atoms with van der Waals surface area (Å²) in [5.74, 6) is -0.516. The van der Waals surface area contributed by atoms with E-state index in [2.05, 4.69) is 4.72 Å². The fraction of sp³-hybridized carbons (Fsp3) is 0.444. The highest BCUT2D eigenvalue weighted by atomic mass is 32.2. The first-order chi connectivity index (χ1) is 7.33. The fourth-order valence-corrected chi connectivity index (χ4v) is 2.94. The molecule has 0 fully saturated rings. The van der Waals surface area contributed by atoms with Crippen molar-refractivity contribution in [3.63, 3.8) is 0 Å². The Kier molecular flexibility index (Phi) is 3.93. The predicted molar refractivity (Wildman–Crippen MR) is 63.5 cm³/mol. The second-order valence-electron chi connectivity index (χ2n) is 3.19. The van der Waals surface area contributed by atoms with E-state index in [0.29, 0.717) is 5.00 Å². The van der Waals surface area contributed by atoms with Crippen molar-refractivity contribution < 1.29 is 17.9 Å². The molecule has 1 N–H and O–H groups in total. The van der Waals surface area contributed by atoms with Gasteiger partial charge < -0.3 is 4.74 Å². The van der Waals surface area contributed by atoms with Crippen LogP contribution in [0.4, 0.5) is 5.00 Å². The molecule has 0 saturated carbocycles. The Labute approximate surface area is 98.5 Å². The summed E-state index contributed by atoms with van der Waals surface area (Å²) in [5.41, 5.74) is 0.259. The van der Waals surface area contributed by atoms with Crippen LogP contribution in [0.15, 0.2) is 6.07 Å². The summed E-state index contributed by atoms with van der Waals surface area (Å²) in [5, 5.41) is 0.304. The summed E-state index contributed by atoms with van der Waals surface area (Å²) in [6.07, 6.45) is 1.04. The molecule has 5 nitrogen and oxygen atoms in total. The Bertz CT molecular complexity index is 490. The summed E-state index contributed by atoms with van der Waals surface area (Å²) in [7, 11) is -3.38. The molecule has 1 heterocycles. The quantitative estimate of drug-likeness (QED) is 0.838. The van der Waals surface area contributed by atoms with Crippen LogP contribution in [-0.2, 0) is 14.8 Å². The van der Waals surface area contributed by atoms with Crippen LogP contribution in [0, 0.1) is 6.92 Å². The molecule has 0 atom stereocenters. The summed E-state index contributed by atoms with van der Waals surface area (Å²) < 4.78 is 29.3. The van der Waals surface area contributed by atoms with Gasteiger partial charge >= 0.3 is 5.97 Å². The van der Waals surface area contributed by atoms with E-state index in [1.807, 2.05) is 0 Å². The van der Waals surface area contributed by atoms with Crippen molar-refractivity contribution in [1.82, 2.24) is 0 Å². The van der Waals surface area contributed by atoms with Gasteiger partial charge in [0.25, 0.3) is 0 Å². The maximum absolute atomic E-state index is 11.5. The van der Waals surface area contributed by atoms with Gasteiger partial charge in [0.2, 0.25) is 10.0 Å². The number of rotatable bonds is 4. The minimum absolute atomic E-state index is 0.256. The number of esters is 1. The number of ether oxygens (including phenoxy) is 1. The minimum Gasteiger partial charge on any atom is -0.462 e. The van der Waals surface area contributed by atoms with E-state index < -0.39 is 16.0 Å². The van der Waals surface area contributed by atoms with Gasteiger partial charge in [-0.25, -0.2) is 13.2 Å². The normalized spacial score (nSPS) is 11.2. The Morgan fingerprint density at radius 3 is 2.69 bits per heavy atom. The van der Waals surface area contributed by atoms with Crippen LogP contribution in [0.3, 0.4) is 0 Å². The van der Waals surface area contributed by atoms with E-state index >= 15 is 0 Å². The maximum atomic E-state index is 11.5. The number of aryl methyl sites for hydroxylation is 1. The van der Waals surface area contributed by atoms with Crippen molar-refractivity contribution in [3.8, 4) is 0 Å². The van der Waals surface area contributed by atoms with Crippen molar-refractivity contribution in [2.75, 3.05) is 17.6 Å². The van der Waals surface area contributed by atoms with Crippen LogP contribution in [0.25, 0.3) is 0 Å². The summed E-state index contributed by atoms with van der Waals surface area (Å²) in [6, 6.07) is 1.61. The van der Waals surface area contributed by atoms with Crippen LogP contribution in [0.2, 0.25) is 0 Å². The van der Waals surface area contributed by atoms with Gasteiger partial charge in [-0.1, -0.05) is 0 Å². The smallest absolute Gasteiger partial charge is 0.341 e. The molecule has 0 aliphatic carbocycles. The van der Waals surface area contributed by atoms with E-state index in [9.17, 15) is 13.2 Å². The van der Waals surface area contributed by atoms with Crippen LogP contribution < -0.4 is 4.72 Å². The highest BCUT2D eigenvalue weighted by Gasteiger charge is 2.18. The SMILES string of the molecule is CCOC(=O)c1cc(C)sc1NS(C)(=O)=O. The zero-order valence-electron chi connectivity index (χ0n) is 9.23. The molecule has 1 aromatic rings. The molecule has 0 amide bonds. The van der Waals surface area contributed by atoms with Crippen molar-refractivity contribution in [3.05, 3.63) is 16.5 Å². The zero-order valence-corrected chi connectivity index (χ0v) is 10.9. The lowest BCUT2D eigenvalue weighted by molar-refractivity contribution is 0.0528. The molecular formula is C9H13NO4S2. The summed E-state index contributed by atoms with van der Waals surface area (Å²) in [6.45, 7) is 3.74. The van der Waals surface area contributed by atoms with E-state index in [1.165, 1.54) is 11.3 Å². The number of hydrogen-bond donors (Lipinski definition) is 1. The monoisotopic (exact) mass is 263 g/mol. The second-order valence-corrected chi connectivity index (χ2v) is 6.20. The molecule has 0 aliphatic rings. The van der Waals surface area contributed by atoms with Gasteiger partial charge in [0.1, 0.15) is 5.00 Å². The molecule has 0 spiro atoms. The average Bonchev–Trinajstić information content (AvgIpc) is 2.44. The summed E-state index contributed by atoms with van der Waals surface area (Å²) >= 11 is 1.20. The second kappa shape index (κ2) is 4.84. The van der Waals surface area contributed by atoms with E-state index in [-0.39, 0.29) is 12.2 Å². The molecule has 0 radical (unpaired) electrons. The first-order valence-corrected chi connectivity index (χ1v) is 7.29. The number of hydrogen-bond acceptors (Lipinski definition) is 5. The molecule has 1 aromatic heterocycles. The van der Waals surface area contributed by atoms with Crippen LogP contribution in [0.5, 0.6) is 0 Å². The van der Waals surface area contributed by atoms with E-state index in [0.717, 1.165) is 11.1 Å². The Balaban J connectivity index is 3.05. The lowest BCUT2D eigenvalue weighted by atomic mass is 10.3. The van der Waals surface area contributed by atoms with Crippen molar-refractivity contribution in [2.45, 2.75) is 13.8 Å². The van der Waals surface area contributed by atoms with Crippen molar-refractivity contribution in [1.29, 1.82) is 0 Å². The van der Waals surface area contributed by atoms with Gasteiger partial charge in [-0.3, -0.25) is 4.72 Å². The first kappa shape index (κ1) is 13.0. The molecule has 0 aliphatic heterocycles. The van der Waals surface area contributed by atoms with Gasteiger partial charge in [-0.2, -0.15) is 0 Å². The predicted octanol–water partition coefficient (Wildman–Crippen LogP) is 1.60. The number of thiophene rings is 1. The standard InChI is InChI=1S/C9H13NO4S2/c1-4-14-9(11)7-5-6(2)15-8(7)10-16(3,12)13/h5,10H,4H2,1-3H3. The maximum Gasteiger partial charge on any atom is 0.341 e. The van der Waals surface area contributed by atoms with E-state index in [4.69, 9.17) is 4.74 Å². The van der Waals surface area contributed by atoms with Gasteiger partial charge in [0, 0.05) is 4.88 Å². The van der Waals surface area contributed by atoms with Gasteiger partial charge in [0.15, 0.2) is 0 Å². The number of carbonyl (C=O) groups excluding carboxylic acids is 1. The molecule has 16 heavy (non-hydrogen) atoms. The molecule has 0 aromatic carbocycles. The number of anilines is 1. The van der Waals surface area contributed by atoms with Crippen molar-refractivity contribution >= 4 is 32.3 Å². The Hall–Kier alpha value is -1.08. The highest BCUT2D eigenvalue weighted by molar-refractivity contribution is 7.92. The minimum atomic E-state index is -3.38. The molecule has 0 unspecified atom stereocenters. The third-order valence-electron chi connectivity index (χ3n) is 1.63. The molecule has 0 saturated heterocycles. The topological polar surface area (TPSA) is 72.5 Å². The Morgan fingerprint density at radius 2 is 2.19 bits per heavy atom. The van der Waals surface area contributed by atoms with Crippen LogP contribution in [0.1, 0.15) is 22.2 Å². The lowest BCUT2D eigenvalue weighted by Crippen LogP contribution is -2.12. The fourth-order valence-electron chi connectivity index (χ4n) is 1.12. The van der Waals surface area contributed by atoms with Gasteiger partial charge in [0.05, 0.1) is 18.4 Å². The molecule has 0 bridgehead atoms.